The molecule has 116 valence electrons. The zero-order valence-corrected chi connectivity index (χ0v) is 14.0. The Bertz CT molecular complexity index is 478. The minimum atomic E-state index is 0.144. The summed E-state index contributed by atoms with van der Waals surface area (Å²) >= 11 is 1.79. The molecule has 1 N–H and O–H groups in total. The molecule has 2 rings (SSSR count). The maximum Gasteiger partial charge on any atom is 0.0540 e. The van der Waals surface area contributed by atoms with Crippen LogP contribution in [0.4, 0.5) is 0 Å². The number of hydrogen-bond acceptors (Lipinski definition) is 4. The third-order valence-corrected chi connectivity index (χ3v) is 4.51. The second-order valence-corrected chi connectivity index (χ2v) is 7.04. The summed E-state index contributed by atoms with van der Waals surface area (Å²) < 4.78 is 0. The van der Waals surface area contributed by atoms with Crippen LogP contribution in [0.15, 0.2) is 11.4 Å². The normalized spacial score (nSPS) is 17.0. The molecule has 1 fully saturated rings. The Labute approximate surface area is 132 Å². The number of piperazine rings is 1. The van der Waals surface area contributed by atoms with E-state index in [0.29, 0.717) is 6.42 Å². The summed E-state index contributed by atoms with van der Waals surface area (Å²) in [4.78, 5) is 6.50. The first-order valence-electron chi connectivity index (χ1n) is 7.79. The third kappa shape index (κ3) is 5.80. The van der Waals surface area contributed by atoms with Crippen molar-refractivity contribution in [3.63, 3.8) is 0 Å². The van der Waals surface area contributed by atoms with Gasteiger partial charge in [0.2, 0.25) is 0 Å². The van der Waals surface area contributed by atoms with E-state index in [2.05, 4.69) is 46.9 Å². The Hall–Kier alpha value is -0.860. The molecule has 0 bridgehead atoms. The predicted octanol–water partition coefficient (Wildman–Crippen LogP) is 2.26. The van der Waals surface area contributed by atoms with Crippen LogP contribution in [0.1, 0.15) is 30.7 Å². The highest BCUT2D eigenvalue weighted by atomic mass is 32.1. The van der Waals surface area contributed by atoms with Gasteiger partial charge in [-0.05, 0) is 12.0 Å². The van der Waals surface area contributed by atoms with Gasteiger partial charge in [0, 0.05) is 61.5 Å². The van der Waals surface area contributed by atoms with E-state index in [1.54, 1.807) is 11.3 Å². The number of thiophene rings is 1. The molecule has 4 heteroatoms. The molecule has 0 saturated carbocycles. The summed E-state index contributed by atoms with van der Waals surface area (Å²) in [5.74, 6) is 6.84. The first-order chi connectivity index (χ1) is 10.2. The quantitative estimate of drug-likeness (QED) is 0.845. The summed E-state index contributed by atoms with van der Waals surface area (Å²) in [5.41, 5.74) is 1.09. The molecular formula is C17H26N2OS. The van der Waals surface area contributed by atoms with Gasteiger partial charge in [0.25, 0.3) is 0 Å². The SMILES string of the molecule is CC(C)CN1CCN(Cc2cc(C#CCCO)cs2)CC1. The lowest BCUT2D eigenvalue weighted by atomic mass is 10.2. The Kier molecular flexibility index (Phi) is 6.72. The summed E-state index contributed by atoms with van der Waals surface area (Å²) in [7, 11) is 0. The van der Waals surface area contributed by atoms with E-state index < -0.39 is 0 Å². The van der Waals surface area contributed by atoms with Crippen LogP contribution in [0, 0.1) is 17.8 Å². The third-order valence-electron chi connectivity index (χ3n) is 3.59. The highest BCUT2D eigenvalue weighted by molar-refractivity contribution is 7.10. The van der Waals surface area contributed by atoms with E-state index in [4.69, 9.17) is 5.11 Å². The Morgan fingerprint density at radius 3 is 2.62 bits per heavy atom. The van der Waals surface area contributed by atoms with Gasteiger partial charge >= 0.3 is 0 Å². The molecule has 21 heavy (non-hydrogen) atoms. The summed E-state index contributed by atoms with van der Waals surface area (Å²) in [6, 6.07) is 2.19. The molecule has 1 aromatic rings. The molecule has 1 aromatic heterocycles. The van der Waals surface area contributed by atoms with Gasteiger partial charge in [-0.15, -0.1) is 11.3 Å². The van der Waals surface area contributed by atoms with Crippen LogP contribution in [-0.4, -0.2) is 54.2 Å². The Morgan fingerprint density at radius 1 is 1.24 bits per heavy atom. The summed E-state index contributed by atoms with van der Waals surface area (Å²) in [5, 5.41) is 10.9. The van der Waals surface area contributed by atoms with Crippen molar-refractivity contribution >= 4 is 11.3 Å². The average Bonchev–Trinajstić information content (AvgIpc) is 2.88. The lowest BCUT2D eigenvalue weighted by Gasteiger charge is -2.35. The maximum absolute atomic E-state index is 8.73. The second kappa shape index (κ2) is 8.55. The van der Waals surface area contributed by atoms with E-state index in [0.717, 1.165) is 31.1 Å². The highest BCUT2D eigenvalue weighted by Gasteiger charge is 2.17. The van der Waals surface area contributed by atoms with Crippen LogP contribution in [0.25, 0.3) is 0 Å². The van der Waals surface area contributed by atoms with Gasteiger partial charge < -0.3 is 10.0 Å². The van der Waals surface area contributed by atoms with Gasteiger partial charge in [-0.25, -0.2) is 0 Å². The van der Waals surface area contributed by atoms with E-state index in [9.17, 15) is 0 Å². The number of aliphatic hydroxyl groups is 1. The number of nitrogens with zero attached hydrogens (tertiary/aromatic N) is 2. The Morgan fingerprint density at radius 2 is 1.95 bits per heavy atom. The van der Waals surface area contributed by atoms with Gasteiger partial charge in [0.15, 0.2) is 0 Å². The standard InChI is InChI=1S/C17H26N2OS/c1-15(2)12-18-6-8-19(9-7-18)13-17-11-16(14-21-17)5-3-4-10-20/h11,14-15,20H,4,6-10,12-13H2,1-2H3. The lowest BCUT2D eigenvalue weighted by molar-refractivity contribution is 0.118. The molecule has 1 aliphatic rings. The van der Waals surface area contributed by atoms with Crippen molar-refractivity contribution < 1.29 is 5.11 Å². The topological polar surface area (TPSA) is 26.7 Å². The molecule has 1 aliphatic heterocycles. The molecule has 0 unspecified atom stereocenters. The van der Waals surface area contributed by atoms with Crippen molar-refractivity contribution in [3.8, 4) is 11.8 Å². The highest BCUT2D eigenvalue weighted by Crippen LogP contribution is 2.17. The fraction of sp³-hybridized carbons (Fsp3) is 0.647. The minimum absolute atomic E-state index is 0.144. The van der Waals surface area contributed by atoms with Gasteiger partial charge in [0.05, 0.1) is 6.61 Å². The van der Waals surface area contributed by atoms with Gasteiger partial charge in [-0.1, -0.05) is 25.7 Å². The fourth-order valence-corrected chi connectivity index (χ4v) is 3.47. The molecule has 0 radical (unpaired) electrons. The molecule has 1 saturated heterocycles. The first-order valence-corrected chi connectivity index (χ1v) is 8.67. The molecule has 3 nitrogen and oxygen atoms in total. The van der Waals surface area contributed by atoms with E-state index >= 15 is 0 Å². The van der Waals surface area contributed by atoms with Crippen molar-refractivity contribution in [3.05, 3.63) is 21.9 Å². The molecule has 0 aromatic carbocycles. The molecule has 2 heterocycles. The average molecular weight is 306 g/mol. The number of aliphatic hydroxyl groups excluding tert-OH is 1. The monoisotopic (exact) mass is 306 g/mol. The van der Waals surface area contributed by atoms with Crippen LogP contribution in [-0.2, 0) is 6.54 Å². The van der Waals surface area contributed by atoms with E-state index in [1.807, 2.05) is 0 Å². The zero-order chi connectivity index (χ0) is 15.1. The molecule has 0 aliphatic carbocycles. The molecule has 0 atom stereocenters. The zero-order valence-electron chi connectivity index (χ0n) is 13.1. The van der Waals surface area contributed by atoms with Crippen LogP contribution in [0.2, 0.25) is 0 Å². The predicted molar refractivity (Wildman–Crippen MR) is 89.5 cm³/mol. The van der Waals surface area contributed by atoms with E-state index in [1.165, 1.54) is 24.5 Å². The van der Waals surface area contributed by atoms with Crippen molar-refractivity contribution in [2.24, 2.45) is 5.92 Å². The van der Waals surface area contributed by atoms with Crippen molar-refractivity contribution in [2.45, 2.75) is 26.8 Å². The van der Waals surface area contributed by atoms with Gasteiger partial charge in [-0.2, -0.15) is 0 Å². The van der Waals surface area contributed by atoms with Gasteiger partial charge in [0.1, 0.15) is 0 Å². The summed E-state index contributed by atoms with van der Waals surface area (Å²) in [6.07, 6.45) is 0.559. The van der Waals surface area contributed by atoms with Crippen LogP contribution in [0.5, 0.6) is 0 Å². The van der Waals surface area contributed by atoms with Crippen molar-refractivity contribution in [1.29, 1.82) is 0 Å². The molecular weight excluding hydrogens is 280 g/mol. The Balaban J connectivity index is 1.77. The van der Waals surface area contributed by atoms with Crippen molar-refractivity contribution in [2.75, 3.05) is 39.3 Å². The smallest absolute Gasteiger partial charge is 0.0540 e. The first kappa shape index (κ1) is 16.5. The van der Waals surface area contributed by atoms with Crippen LogP contribution >= 0.6 is 11.3 Å². The second-order valence-electron chi connectivity index (χ2n) is 6.05. The summed E-state index contributed by atoms with van der Waals surface area (Å²) in [6.45, 7) is 11.7. The van der Waals surface area contributed by atoms with Crippen LogP contribution in [0.3, 0.4) is 0 Å². The maximum atomic E-state index is 8.73. The largest absolute Gasteiger partial charge is 0.395 e. The molecule has 0 spiro atoms. The number of rotatable bonds is 5. The lowest BCUT2D eigenvalue weighted by Crippen LogP contribution is -2.46. The van der Waals surface area contributed by atoms with E-state index in [-0.39, 0.29) is 6.61 Å². The van der Waals surface area contributed by atoms with Gasteiger partial charge in [-0.3, -0.25) is 4.90 Å². The van der Waals surface area contributed by atoms with Crippen LogP contribution < -0.4 is 0 Å². The van der Waals surface area contributed by atoms with Crippen molar-refractivity contribution in [1.82, 2.24) is 9.80 Å². The number of hydrogen-bond donors (Lipinski definition) is 1. The minimum Gasteiger partial charge on any atom is -0.395 e. The molecule has 0 amide bonds. The fourth-order valence-electron chi connectivity index (χ4n) is 2.62.